The lowest BCUT2D eigenvalue weighted by Crippen LogP contribution is -2.40. The van der Waals surface area contributed by atoms with Gasteiger partial charge in [0.05, 0.1) is 5.69 Å². The standard InChI is InChI=1S/C17H23N5O2/c1-3-4-8-17(20-21-17)9-5-16(23)19-13-7-11-24-15(12-13)14-6-10-18-22(14)2/h1,6,10,13,15H,4-5,7-9,11-12H2,2H3,(H,19,23). The smallest absolute Gasteiger partial charge is 0.220 e. The molecule has 2 unspecified atom stereocenters. The summed E-state index contributed by atoms with van der Waals surface area (Å²) in [6, 6.07) is 2.08. The highest BCUT2D eigenvalue weighted by atomic mass is 16.5. The van der Waals surface area contributed by atoms with Crippen LogP contribution in [0.25, 0.3) is 0 Å². The maximum atomic E-state index is 12.2. The van der Waals surface area contributed by atoms with Gasteiger partial charge in [0.25, 0.3) is 0 Å². The minimum atomic E-state index is -0.392. The average Bonchev–Trinajstić information content (AvgIpc) is 3.23. The molecule has 3 heterocycles. The summed E-state index contributed by atoms with van der Waals surface area (Å²) in [6.07, 6.45) is 11.0. The van der Waals surface area contributed by atoms with Gasteiger partial charge in [-0.2, -0.15) is 15.3 Å². The van der Waals surface area contributed by atoms with E-state index in [2.05, 4.69) is 26.6 Å². The van der Waals surface area contributed by atoms with Crippen LogP contribution in [0.15, 0.2) is 22.5 Å². The highest BCUT2D eigenvalue weighted by Crippen LogP contribution is 2.37. The van der Waals surface area contributed by atoms with E-state index in [9.17, 15) is 4.79 Å². The summed E-state index contributed by atoms with van der Waals surface area (Å²) in [7, 11) is 1.90. The van der Waals surface area contributed by atoms with Crippen LogP contribution in [-0.2, 0) is 16.6 Å². The summed E-state index contributed by atoms with van der Waals surface area (Å²) in [6.45, 7) is 0.636. The molecule has 3 rings (SSSR count). The van der Waals surface area contributed by atoms with E-state index in [1.54, 1.807) is 6.20 Å². The Balaban J connectivity index is 1.45. The Bertz CT molecular complexity index is 654. The number of amides is 1. The van der Waals surface area contributed by atoms with Gasteiger partial charge in [0.1, 0.15) is 6.10 Å². The number of hydrogen-bond donors (Lipinski definition) is 1. The molecule has 1 fully saturated rings. The van der Waals surface area contributed by atoms with Crippen molar-refractivity contribution in [3.8, 4) is 12.3 Å². The van der Waals surface area contributed by atoms with Gasteiger partial charge in [-0.25, -0.2) is 0 Å². The number of carbonyl (C=O) groups excluding carboxylic acids is 1. The third-order valence-electron chi connectivity index (χ3n) is 4.64. The molecular weight excluding hydrogens is 306 g/mol. The Morgan fingerprint density at radius 1 is 1.54 bits per heavy atom. The quantitative estimate of drug-likeness (QED) is 0.778. The second-order valence-electron chi connectivity index (χ2n) is 6.41. The molecule has 0 saturated carbocycles. The third kappa shape index (κ3) is 4.01. The molecule has 7 heteroatoms. The predicted octanol–water partition coefficient (Wildman–Crippen LogP) is 2.11. The van der Waals surface area contributed by atoms with E-state index < -0.39 is 5.66 Å². The minimum absolute atomic E-state index is 0.0213. The molecule has 2 atom stereocenters. The molecule has 128 valence electrons. The maximum absolute atomic E-state index is 12.2. The van der Waals surface area contributed by atoms with Gasteiger partial charge in [0.2, 0.25) is 5.91 Å². The molecule has 0 spiro atoms. The number of carbonyl (C=O) groups is 1. The molecule has 0 radical (unpaired) electrons. The molecule has 2 aliphatic rings. The largest absolute Gasteiger partial charge is 0.372 e. The number of rotatable bonds is 7. The van der Waals surface area contributed by atoms with Gasteiger partial charge >= 0.3 is 0 Å². The van der Waals surface area contributed by atoms with Crippen molar-refractivity contribution in [3.63, 3.8) is 0 Å². The summed E-state index contributed by atoms with van der Waals surface area (Å²) in [4.78, 5) is 12.2. The van der Waals surface area contributed by atoms with E-state index in [0.29, 0.717) is 25.9 Å². The van der Waals surface area contributed by atoms with Crippen LogP contribution in [0.1, 0.15) is 50.3 Å². The van der Waals surface area contributed by atoms with Crippen LogP contribution < -0.4 is 5.32 Å². The topological polar surface area (TPSA) is 80.9 Å². The SMILES string of the molecule is C#CCCC1(CCC(=O)NC2CCOC(c3ccnn3C)C2)N=N1. The number of aryl methyl sites for hydroxylation is 1. The van der Waals surface area contributed by atoms with Crippen molar-refractivity contribution in [2.24, 2.45) is 17.3 Å². The molecular formula is C17H23N5O2. The minimum Gasteiger partial charge on any atom is -0.372 e. The fourth-order valence-electron chi connectivity index (χ4n) is 3.12. The molecule has 1 aromatic rings. The first-order valence-electron chi connectivity index (χ1n) is 8.38. The number of ether oxygens (including phenoxy) is 1. The Morgan fingerprint density at radius 3 is 3.04 bits per heavy atom. The summed E-state index contributed by atoms with van der Waals surface area (Å²) >= 11 is 0. The number of nitrogens with zero attached hydrogens (tertiary/aromatic N) is 4. The zero-order valence-corrected chi connectivity index (χ0v) is 13.9. The molecule has 0 bridgehead atoms. The fourth-order valence-corrected chi connectivity index (χ4v) is 3.12. The van der Waals surface area contributed by atoms with Gasteiger partial charge in [-0.3, -0.25) is 9.48 Å². The van der Waals surface area contributed by atoms with Crippen LogP contribution in [0, 0.1) is 12.3 Å². The van der Waals surface area contributed by atoms with Crippen LogP contribution in [0.3, 0.4) is 0 Å². The van der Waals surface area contributed by atoms with E-state index in [1.807, 2.05) is 17.8 Å². The maximum Gasteiger partial charge on any atom is 0.220 e. The first kappa shape index (κ1) is 16.7. The van der Waals surface area contributed by atoms with Gasteiger partial charge in [0, 0.05) is 51.6 Å². The molecule has 0 aliphatic carbocycles. The van der Waals surface area contributed by atoms with Crippen LogP contribution in [-0.4, -0.2) is 34.0 Å². The van der Waals surface area contributed by atoms with Gasteiger partial charge < -0.3 is 10.1 Å². The average molecular weight is 329 g/mol. The number of aromatic nitrogens is 2. The zero-order valence-electron chi connectivity index (χ0n) is 13.9. The van der Waals surface area contributed by atoms with Crippen LogP contribution in [0.2, 0.25) is 0 Å². The number of terminal acetylenes is 1. The second kappa shape index (κ2) is 7.14. The van der Waals surface area contributed by atoms with Crippen molar-refractivity contribution in [1.82, 2.24) is 15.1 Å². The Labute approximate surface area is 141 Å². The summed E-state index contributed by atoms with van der Waals surface area (Å²) in [5, 5.41) is 15.4. The zero-order chi connectivity index (χ0) is 17.0. The molecule has 1 N–H and O–H groups in total. The monoisotopic (exact) mass is 329 g/mol. The number of hydrogen-bond acceptors (Lipinski definition) is 5. The lowest BCUT2D eigenvalue weighted by Gasteiger charge is -2.30. The summed E-state index contributed by atoms with van der Waals surface area (Å²) in [5.74, 6) is 2.64. The van der Waals surface area contributed by atoms with Gasteiger partial charge in [-0.05, 0) is 18.9 Å². The van der Waals surface area contributed by atoms with Crippen LogP contribution in [0.4, 0.5) is 0 Å². The summed E-state index contributed by atoms with van der Waals surface area (Å²) in [5.41, 5.74) is 0.647. The van der Waals surface area contributed by atoms with Crippen molar-refractivity contribution >= 4 is 5.91 Å². The first-order valence-corrected chi connectivity index (χ1v) is 8.38. The first-order chi connectivity index (χ1) is 11.6. The van der Waals surface area contributed by atoms with Gasteiger partial charge in [0.15, 0.2) is 5.66 Å². The van der Waals surface area contributed by atoms with Crippen molar-refractivity contribution < 1.29 is 9.53 Å². The van der Waals surface area contributed by atoms with Crippen molar-refractivity contribution in [1.29, 1.82) is 0 Å². The van der Waals surface area contributed by atoms with Crippen molar-refractivity contribution in [2.45, 2.75) is 56.3 Å². The molecule has 1 saturated heterocycles. The Hall–Kier alpha value is -2.20. The van der Waals surface area contributed by atoms with Crippen molar-refractivity contribution in [3.05, 3.63) is 18.0 Å². The molecule has 0 aromatic carbocycles. The van der Waals surface area contributed by atoms with Crippen LogP contribution >= 0.6 is 0 Å². The second-order valence-corrected chi connectivity index (χ2v) is 6.41. The highest BCUT2D eigenvalue weighted by Gasteiger charge is 2.39. The van der Waals surface area contributed by atoms with E-state index in [4.69, 9.17) is 11.2 Å². The van der Waals surface area contributed by atoms with E-state index in [1.165, 1.54) is 0 Å². The molecule has 7 nitrogen and oxygen atoms in total. The highest BCUT2D eigenvalue weighted by molar-refractivity contribution is 5.76. The van der Waals surface area contributed by atoms with E-state index in [0.717, 1.165) is 25.0 Å². The Kier molecular flexibility index (Phi) is 4.95. The number of nitrogens with one attached hydrogen (secondary N) is 1. The van der Waals surface area contributed by atoms with Crippen molar-refractivity contribution in [2.75, 3.05) is 6.61 Å². The molecule has 1 aromatic heterocycles. The predicted molar refractivity (Wildman–Crippen MR) is 88.0 cm³/mol. The fraction of sp³-hybridized carbons (Fsp3) is 0.647. The lowest BCUT2D eigenvalue weighted by atomic mass is 9.99. The molecule has 1 amide bonds. The molecule has 24 heavy (non-hydrogen) atoms. The summed E-state index contributed by atoms with van der Waals surface area (Å²) < 4.78 is 7.64. The van der Waals surface area contributed by atoms with Gasteiger partial charge in [-0.1, -0.05) is 0 Å². The van der Waals surface area contributed by atoms with E-state index >= 15 is 0 Å². The van der Waals surface area contributed by atoms with Gasteiger partial charge in [-0.15, -0.1) is 12.3 Å². The third-order valence-corrected chi connectivity index (χ3v) is 4.64. The Morgan fingerprint density at radius 2 is 2.38 bits per heavy atom. The molecule has 2 aliphatic heterocycles. The van der Waals surface area contributed by atoms with E-state index in [-0.39, 0.29) is 18.1 Å². The normalized spacial score (nSPS) is 24.3. The van der Waals surface area contributed by atoms with Crippen LogP contribution in [0.5, 0.6) is 0 Å². The lowest BCUT2D eigenvalue weighted by molar-refractivity contribution is -0.123.